The van der Waals surface area contributed by atoms with Gasteiger partial charge in [0, 0.05) is 9.50 Å². The average molecular weight is 363 g/mol. The zero-order chi connectivity index (χ0) is 14.9. The van der Waals surface area contributed by atoms with Crippen molar-refractivity contribution in [1.29, 1.82) is 0 Å². The maximum absolute atomic E-state index is 13.7. The number of hydrogen-bond donors (Lipinski definition) is 2. The van der Waals surface area contributed by atoms with Crippen molar-refractivity contribution >= 4 is 44.9 Å². The van der Waals surface area contributed by atoms with Crippen molar-refractivity contribution in [3.05, 3.63) is 57.0 Å². The van der Waals surface area contributed by atoms with Crippen molar-refractivity contribution in [2.75, 3.05) is 5.32 Å². The Morgan fingerprint density at radius 2 is 1.80 bits per heavy atom. The summed E-state index contributed by atoms with van der Waals surface area (Å²) in [5, 5.41) is 11.7. The highest BCUT2D eigenvalue weighted by Crippen LogP contribution is 2.29. The van der Waals surface area contributed by atoms with E-state index in [9.17, 15) is 13.6 Å². The second-order valence-corrected chi connectivity index (χ2v) is 5.22. The molecule has 0 aromatic heterocycles. The number of aromatic carboxylic acids is 1. The monoisotopic (exact) mass is 361 g/mol. The third kappa shape index (κ3) is 3.08. The van der Waals surface area contributed by atoms with E-state index < -0.39 is 23.3 Å². The first-order chi connectivity index (χ1) is 9.38. The SMILES string of the molecule is O=C(O)c1cc(Cl)ccc1Nc1c(F)cc(Br)cc1F. The largest absolute Gasteiger partial charge is 0.478 e. The molecule has 20 heavy (non-hydrogen) atoms. The van der Waals surface area contributed by atoms with Crippen LogP contribution in [0.5, 0.6) is 0 Å². The van der Waals surface area contributed by atoms with Gasteiger partial charge < -0.3 is 10.4 Å². The van der Waals surface area contributed by atoms with Crippen molar-refractivity contribution in [1.82, 2.24) is 0 Å². The molecule has 0 bridgehead atoms. The van der Waals surface area contributed by atoms with Gasteiger partial charge in [-0.25, -0.2) is 13.6 Å². The number of benzene rings is 2. The summed E-state index contributed by atoms with van der Waals surface area (Å²) in [5.74, 6) is -2.95. The molecule has 7 heteroatoms. The standard InChI is InChI=1S/C13H7BrClF2NO2/c14-6-3-9(16)12(10(17)4-6)18-11-2-1-7(15)5-8(11)13(19)20/h1-5,18H,(H,19,20). The number of carbonyl (C=O) groups is 1. The Morgan fingerprint density at radius 3 is 2.35 bits per heavy atom. The number of carboxylic acid groups (broad SMARTS) is 1. The molecule has 0 aliphatic carbocycles. The molecular formula is C13H7BrClF2NO2. The van der Waals surface area contributed by atoms with Gasteiger partial charge in [-0.1, -0.05) is 27.5 Å². The van der Waals surface area contributed by atoms with Gasteiger partial charge in [0.2, 0.25) is 0 Å². The van der Waals surface area contributed by atoms with E-state index in [1.165, 1.54) is 18.2 Å². The van der Waals surface area contributed by atoms with E-state index in [4.69, 9.17) is 16.7 Å². The van der Waals surface area contributed by atoms with Gasteiger partial charge in [0.15, 0.2) is 11.6 Å². The molecule has 0 atom stereocenters. The van der Waals surface area contributed by atoms with Gasteiger partial charge in [-0.05, 0) is 30.3 Å². The summed E-state index contributed by atoms with van der Waals surface area (Å²) in [7, 11) is 0. The molecule has 0 fully saturated rings. The van der Waals surface area contributed by atoms with Gasteiger partial charge in [-0.3, -0.25) is 0 Å². The molecule has 0 aliphatic rings. The van der Waals surface area contributed by atoms with Crippen LogP contribution in [0, 0.1) is 11.6 Å². The van der Waals surface area contributed by atoms with Gasteiger partial charge >= 0.3 is 5.97 Å². The molecule has 0 saturated heterocycles. The maximum Gasteiger partial charge on any atom is 0.337 e. The molecule has 2 rings (SSSR count). The molecule has 2 N–H and O–H groups in total. The van der Waals surface area contributed by atoms with Gasteiger partial charge in [0.25, 0.3) is 0 Å². The molecule has 0 aliphatic heterocycles. The van der Waals surface area contributed by atoms with E-state index in [-0.39, 0.29) is 20.7 Å². The van der Waals surface area contributed by atoms with Crippen LogP contribution in [0.2, 0.25) is 5.02 Å². The second-order valence-electron chi connectivity index (χ2n) is 3.86. The van der Waals surface area contributed by atoms with Crippen LogP contribution in [-0.4, -0.2) is 11.1 Å². The van der Waals surface area contributed by atoms with E-state index >= 15 is 0 Å². The molecule has 0 unspecified atom stereocenters. The molecule has 104 valence electrons. The first kappa shape index (κ1) is 14.7. The Hall–Kier alpha value is -1.66. The second kappa shape index (κ2) is 5.76. The highest BCUT2D eigenvalue weighted by atomic mass is 79.9. The van der Waals surface area contributed by atoms with Crippen LogP contribution in [0.3, 0.4) is 0 Å². The van der Waals surface area contributed by atoms with Gasteiger partial charge in [-0.2, -0.15) is 0 Å². The maximum atomic E-state index is 13.7. The van der Waals surface area contributed by atoms with Crippen molar-refractivity contribution < 1.29 is 18.7 Å². The van der Waals surface area contributed by atoms with Crippen LogP contribution < -0.4 is 5.32 Å². The highest BCUT2D eigenvalue weighted by Gasteiger charge is 2.15. The Labute approximate surface area is 126 Å². The third-order valence-corrected chi connectivity index (χ3v) is 3.17. The lowest BCUT2D eigenvalue weighted by Gasteiger charge is -2.12. The molecule has 0 radical (unpaired) electrons. The normalized spacial score (nSPS) is 10.4. The molecule has 3 nitrogen and oxygen atoms in total. The van der Waals surface area contributed by atoms with Crippen molar-refractivity contribution in [2.45, 2.75) is 0 Å². The summed E-state index contributed by atoms with van der Waals surface area (Å²) >= 11 is 8.66. The van der Waals surface area contributed by atoms with Gasteiger partial charge in [0.05, 0.1) is 11.3 Å². The number of rotatable bonds is 3. The topological polar surface area (TPSA) is 49.3 Å². The molecule has 0 amide bonds. The molecule has 0 saturated carbocycles. The lowest BCUT2D eigenvalue weighted by molar-refractivity contribution is 0.0698. The number of anilines is 2. The molecule has 0 spiro atoms. The van der Waals surface area contributed by atoms with E-state index in [0.717, 1.165) is 12.1 Å². The molecule has 2 aromatic rings. The fourth-order valence-electron chi connectivity index (χ4n) is 1.60. The minimum atomic E-state index is -1.26. The number of carboxylic acids is 1. The van der Waals surface area contributed by atoms with Crippen molar-refractivity contribution in [3.8, 4) is 0 Å². The number of halogens is 4. The van der Waals surface area contributed by atoms with Crippen LogP contribution in [0.25, 0.3) is 0 Å². The summed E-state index contributed by atoms with van der Waals surface area (Å²) in [5.41, 5.74) is -0.570. The van der Waals surface area contributed by atoms with Crippen LogP contribution >= 0.6 is 27.5 Å². The lowest BCUT2D eigenvalue weighted by atomic mass is 10.1. The zero-order valence-electron chi connectivity index (χ0n) is 9.75. The highest BCUT2D eigenvalue weighted by molar-refractivity contribution is 9.10. The third-order valence-electron chi connectivity index (χ3n) is 2.48. The van der Waals surface area contributed by atoms with E-state index in [2.05, 4.69) is 21.2 Å². The molecule has 0 heterocycles. The van der Waals surface area contributed by atoms with Crippen LogP contribution in [0.4, 0.5) is 20.2 Å². The summed E-state index contributed by atoms with van der Waals surface area (Å²) in [6.07, 6.45) is 0. The minimum Gasteiger partial charge on any atom is -0.478 e. The Balaban J connectivity index is 2.48. The fourth-order valence-corrected chi connectivity index (χ4v) is 2.17. The van der Waals surface area contributed by atoms with E-state index in [1.807, 2.05) is 0 Å². The lowest BCUT2D eigenvalue weighted by Crippen LogP contribution is -2.05. The Bertz CT molecular complexity index is 671. The quantitative estimate of drug-likeness (QED) is 0.823. The average Bonchev–Trinajstić information content (AvgIpc) is 2.34. The summed E-state index contributed by atoms with van der Waals surface area (Å²) in [6.45, 7) is 0. The number of nitrogens with one attached hydrogen (secondary N) is 1. The fraction of sp³-hybridized carbons (Fsp3) is 0. The van der Waals surface area contributed by atoms with Crippen LogP contribution in [0.1, 0.15) is 10.4 Å². The number of hydrogen-bond acceptors (Lipinski definition) is 2. The Morgan fingerprint density at radius 1 is 1.20 bits per heavy atom. The zero-order valence-corrected chi connectivity index (χ0v) is 12.1. The van der Waals surface area contributed by atoms with Gasteiger partial charge in [-0.15, -0.1) is 0 Å². The van der Waals surface area contributed by atoms with Crippen LogP contribution in [0.15, 0.2) is 34.8 Å². The molecule has 2 aromatic carbocycles. The Kier molecular flexibility index (Phi) is 4.25. The van der Waals surface area contributed by atoms with Crippen LogP contribution in [-0.2, 0) is 0 Å². The van der Waals surface area contributed by atoms with E-state index in [0.29, 0.717) is 0 Å². The molecular weight excluding hydrogens is 356 g/mol. The summed E-state index contributed by atoms with van der Waals surface area (Å²) in [4.78, 5) is 11.1. The first-order valence-electron chi connectivity index (χ1n) is 5.33. The summed E-state index contributed by atoms with van der Waals surface area (Å²) < 4.78 is 27.6. The van der Waals surface area contributed by atoms with Crippen molar-refractivity contribution in [2.24, 2.45) is 0 Å². The van der Waals surface area contributed by atoms with E-state index in [1.54, 1.807) is 0 Å². The van der Waals surface area contributed by atoms with Crippen molar-refractivity contribution in [3.63, 3.8) is 0 Å². The predicted molar refractivity (Wildman–Crippen MR) is 75.8 cm³/mol. The smallest absolute Gasteiger partial charge is 0.337 e. The summed E-state index contributed by atoms with van der Waals surface area (Å²) in [6, 6.07) is 6.10. The minimum absolute atomic E-state index is 0.0435. The van der Waals surface area contributed by atoms with Gasteiger partial charge in [0.1, 0.15) is 5.69 Å². The predicted octanol–water partition coefficient (Wildman–Crippen LogP) is 4.82. The first-order valence-corrected chi connectivity index (χ1v) is 6.50.